The molecule has 0 aliphatic heterocycles. The average molecular weight is 542 g/mol. The van der Waals surface area contributed by atoms with E-state index >= 15 is 0 Å². The summed E-state index contributed by atoms with van der Waals surface area (Å²) < 4.78 is 0. The zero-order chi connectivity index (χ0) is 20.6. The second-order valence-corrected chi connectivity index (χ2v) is 7.41. The minimum atomic E-state index is -0.211. The number of carbonyl (C=O) groups is 1. The Morgan fingerprint density at radius 1 is 0.935 bits per heavy atom. The van der Waals surface area contributed by atoms with Gasteiger partial charge < -0.3 is 27.0 Å². The highest BCUT2D eigenvalue weighted by Gasteiger charge is 2.16. The minimum absolute atomic E-state index is 0. The lowest BCUT2D eigenvalue weighted by molar-refractivity contribution is -0.123. The summed E-state index contributed by atoms with van der Waals surface area (Å²) in [5, 5.41) is 6.30. The first-order valence-electron chi connectivity index (χ1n) is 10.0. The van der Waals surface area contributed by atoms with E-state index in [0.29, 0.717) is 31.4 Å². The molecule has 1 unspecified atom stereocenters. The lowest BCUT2D eigenvalue weighted by atomic mass is 10.1. The van der Waals surface area contributed by atoms with E-state index in [4.69, 9.17) is 34.7 Å². The van der Waals surface area contributed by atoms with Gasteiger partial charge in [0.25, 0.3) is 0 Å². The van der Waals surface area contributed by atoms with Crippen molar-refractivity contribution in [3.63, 3.8) is 0 Å². The number of nitrogens with two attached hydrogens (primary N) is 2. The fourth-order valence-electron chi connectivity index (χ4n) is 2.93. The number of alkyl halides is 2. The van der Waals surface area contributed by atoms with Crippen LogP contribution in [0.2, 0.25) is 0 Å². The van der Waals surface area contributed by atoms with Gasteiger partial charge in [-0.3, -0.25) is 4.79 Å². The van der Waals surface area contributed by atoms with Crippen LogP contribution in [0.1, 0.15) is 24.8 Å². The molecule has 0 aliphatic rings. The Balaban J connectivity index is -0.00000261. The Labute approximate surface area is 215 Å². The Kier molecular flexibility index (Phi) is 26.3. The highest BCUT2D eigenvalue weighted by molar-refractivity contribution is 6.18. The summed E-state index contributed by atoms with van der Waals surface area (Å²) in [6.45, 7) is 4.07. The topological polar surface area (TPSA) is 96.4 Å². The van der Waals surface area contributed by atoms with Gasteiger partial charge in [0.15, 0.2) is 0 Å². The zero-order valence-electron chi connectivity index (χ0n) is 17.9. The fourth-order valence-corrected chi connectivity index (χ4v) is 3.33. The third-order valence-electron chi connectivity index (χ3n) is 4.51. The van der Waals surface area contributed by atoms with Gasteiger partial charge >= 0.3 is 0 Å². The van der Waals surface area contributed by atoms with Gasteiger partial charge in [0.05, 0.1) is 6.04 Å². The molecule has 31 heavy (non-hydrogen) atoms. The summed E-state index contributed by atoms with van der Waals surface area (Å²) in [5.41, 5.74) is 13.4. The predicted octanol–water partition coefficient (Wildman–Crippen LogP) is 2.94. The van der Waals surface area contributed by atoms with Gasteiger partial charge in [-0.1, -0.05) is 12.1 Å². The highest BCUT2D eigenvalue weighted by Crippen LogP contribution is 2.16. The summed E-state index contributed by atoms with van der Waals surface area (Å²) in [7, 11) is 0. The molecule has 0 spiro atoms. The quantitative estimate of drug-likeness (QED) is 0.191. The third-order valence-corrected chi connectivity index (χ3v) is 4.85. The molecule has 0 radical (unpaired) electrons. The summed E-state index contributed by atoms with van der Waals surface area (Å²) in [4.78, 5) is 14.6. The largest absolute Gasteiger partial charge is 0.369 e. The summed E-state index contributed by atoms with van der Waals surface area (Å²) in [5.74, 6) is 1.16. The highest BCUT2D eigenvalue weighted by atomic mass is 35.5. The summed E-state index contributed by atoms with van der Waals surface area (Å²) in [6, 6.07) is 8.12. The van der Waals surface area contributed by atoms with Gasteiger partial charge in [0, 0.05) is 37.1 Å². The molecule has 0 bridgehead atoms. The lowest BCUT2D eigenvalue weighted by Gasteiger charge is -2.23. The summed E-state index contributed by atoms with van der Waals surface area (Å²) >= 11 is 11.7. The van der Waals surface area contributed by atoms with Crippen molar-refractivity contribution < 1.29 is 4.79 Å². The maximum atomic E-state index is 12.4. The van der Waals surface area contributed by atoms with Gasteiger partial charge in [-0.05, 0) is 63.0 Å². The molecule has 0 fully saturated rings. The number of carbonyl (C=O) groups excluding carboxylic acids is 1. The fraction of sp³-hybridized carbons (Fsp3) is 0.650. The smallest absolute Gasteiger partial charge is 0.237 e. The molecule has 0 heterocycles. The third kappa shape index (κ3) is 15.3. The molecule has 1 atom stereocenters. The van der Waals surface area contributed by atoms with Gasteiger partial charge in [0.1, 0.15) is 0 Å². The number of benzene rings is 1. The van der Waals surface area contributed by atoms with Crippen molar-refractivity contribution in [2.75, 3.05) is 55.9 Å². The Morgan fingerprint density at radius 2 is 1.52 bits per heavy atom. The van der Waals surface area contributed by atoms with Crippen molar-refractivity contribution in [2.24, 2.45) is 11.5 Å². The Morgan fingerprint density at radius 3 is 2.03 bits per heavy atom. The molecule has 11 heteroatoms. The molecule has 1 aromatic carbocycles. The molecule has 0 aromatic heterocycles. The van der Waals surface area contributed by atoms with Crippen molar-refractivity contribution in [2.45, 2.75) is 31.7 Å². The van der Waals surface area contributed by atoms with E-state index in [1.165, 1.54) is 5.56 Å². The van der Waals surface area contributed by atoms with E-state index in [2.05, 4.69) is 39.8 Å². The molecular weight excluding hydrogens is 504 g/mol. The number of rotatable bonds is 16. The van der Waals surface area contributed by atoms with Gasteiger partial charge in [-0.2, -0.15) is 0 Å². The predicted molar refractivity (Wildman–Crippen MR) is 142 cm³/mol. The van der Waals surface area contributed by atoms with Crippen LogP contribution >= 0.6 is 60.4 Å². The van der Waals surface area contributed by atoms with E-state index in [0.717, 1.165) is 51.0 Å². The molecule has 1 rings (SSSR count). The van der Waals surface area contributed by atoms with Crippen molar-refractivity contribution >= 4 is 72.0 Å². The summed E-state index contributed by atoms with van der Waals surface area (Å²) in [6.07, 6.45) is 3.18. The molecule has 6 N–H and O–H groups in total. The molecular formula is C20H38Cl5N5O. The molecule has 6 nitrogen and oxygen atoms in total. The zero-order valence-corrected chi connectivity index (χ0v) is 21.8. The van der Waals surface area contributed by atoms with E-state index in [1.54, 1.807) is 0 Å². The number of amides is 1. The number of anilines is 1. The number of hydrogen-bond donors (Lipinski definition) is 4. The number of nitrogens with zero attached hydrogens (tertiary/aromatic N) is 1. The lowest BCUT2D eigenvalue weighted by Crippen LogP contribution is -2.45. The molecule has 1 aromatic rings. The first kappa shape index (κ1) is 35.4. The van der Waals surface area contributed by atoms with Crippen LogP contribution in [0.15, 0.2) is 24.3 Å². The van der Waals surface area contributed by atoms with Gasteiger partial charge in [-0.15, -0.1) is 60.4 Å². The van der Waals surface area contributed by atoms with E-state index < -0.39 is 0 Å². The number of nitrogens with one attached hydrogen (secondary N) is 2. The standard InChI is InChI=1S/C20H35Cl2N5O.3ClH/c21-9-15-27(16-10-22)18-6-4-17(5-7-18)8-14-26-20(28)19(3-1-11-23)25-13-2-12-24;;;/h4-7,19,25H,1-3,8-16,23-24H2,(H,26,28);3*1H. The van der Waals surface area contributed by atoms with E-state index in [9.17, 15) is 4.79 Å². The second kappa shape index (κ2) is 23.0. The average Bonchev–Trinajstić information content (AvgIpc) is 2.71. The van der Waals surface area contributed by atoms with Crippen LogP contribution in [-0.2, 0) is 11.2 Å². The van der Waals surface area contributed by atoms with E-state index in [-0.39, 0.29) is 49.2 Å². The number of hydrogen-bond acceptors (Lipinski definition) is 5. The van der Waals surface area contributed by atoms with Crippen molar-refractivity contribution in [3.05, 3.63) is 29.8 Å². The molecule has 0 aliphatic carbocycles. The van der Waals surface area contributed by atoms with Gasteiger partial charge in [-0.25, -0.2) is 0 Å². The molecule has 184 valence electrons. The Bertz CT molecular complexity index is 533. The SMILES string of the molecule is Cl.Cl.Cl.NCCCNC(CCCN)C(=O)NCCc1ccc(N(CCCl)CCCl)cc1. The van der Waals surface area contributed by atoms with Crippen LogP contribution < -0.4 is 27.0 Å². The van der Waals surface area contributed by atoms with Crippen LogP contribution in [0, 0.1) is 0 Å². The van der Waals surface area contributed by atoms with Crippen LogP contribution in [-0.4, -0.2) is 63.0 Å². The molecule has 0 saturated carbocycles. The van der Waals surface area contributed by atoms with Crippen molar-refractivity contribution in [1.82, 2.24) is 10.6 Å². The second-order valence-electron chi connectivity index (χ2n) is 6.65. The van der Waals surface area contributed by atoms with Crippen LogP contribution in [0.5, 0.6) is 0 Å². The van der Waals surface area contributed by atoms with Gasteiger partial charge in [0.2, 0.25) is 5.91 Å². The minimum Gasteiger partial charge on any atom is -0.369 e. The van der Waals surface area contributed by atoms with Crippen LogP contribution in [0.4, 0.5) is 5.69 Å². The van der Waals surface area contributed by atoms with Crippen LogP contribution in [0.3, 0.4) is 0 Å². The first-order chi connectivity index (χ1) is 13.7. The molecule has 0 saturated heterocycles. The first-order valence-corrected chi connectivity index (χ1v) is 11.1. The normalized spacial score (nSPS) is 10.8. The van der Waals surface area contributed by atoms with Crippen molar-refractivity contribution in [3.8, 4) is 0 Å². The Hall–Kier alpha value is -0.180. The maximum absolute atomic E-state index is 12.4. The van der Waals surface area contributed by atoms with E-state index in [1.807, 2.05) is 0 Å². The monoisotopic (exact) mass is 539 g/mol. The molecule has 1 amide bonds. The maximum Gasteiger partial charge on any atom is 0.237 e. The van der Waals surface area contributed by atoms with Crippen LogP contribution in [0.25, 0.3) is 0 Å². The van der Waals surface area contributed by atoms with Crippen molar-refractivity contribution in [1.29, 1.82) is 0 Å². The number of halogens is 5.